The summed E-state index contributed by atoms with van der Waals surface area (Å²) in [6.45, 7) is 0.645. The molecule has 0 aliphatic rings. The van der Waals surface area contributed by atoms with Gasteiger partial charge in [-0.2, -0.15) is 0 Å². The average Bonchev–Trinajstić information content (AvgIpc) is 2.80. The van der Waals surface area contributed by atoms with Crippen LogP contribution in [0.25, 0.3) is 11.1 Å². The van der Waals surface area contributed by atoms with E-state index in [1.165, 1.54) is 5.56 Å². The second-order valence-corrected chi connectivity index (χ2v) is 7.27. The lowest BCUT2D eigenvalue weighted by molar-refractivity contribution is 0.416. The van der Waals surface area contributed by atoms with E-state index in [2.05, 4.69) is 35.6 Å². The SMILES string of the molecule is COc1ccc(-c2ccccc2)cc1NCc1cccc(Oc2ccc(Cl)cc2)c1. The summed E-state index contributed by atoms with van der Waals surface area (Å²) in [4.78, 5) is 0. The van der Waals surface area contributed by atoms with Crippen molar-refractivity contribution < 1.29 is 9.47 Å². The number of rotatable bonds is 7. The van der Waals surface area contributed by atoms with Gasteiger partial charge in [0.1, 0.15) is 17.2 Å². The summed E-state index contributed by atoms with van der Waals surface area (Å²) in [5.41, 5.74) is 4.36. The largest absolute Gasteiger partial charge is 0.495 e. The molecule has 4 heteroatoms. The van der Waals surface area contributed by atoms with Gasteiger partial charge in [-0.15, -0.1) is 0 Å². The smallest absolute Gasteiger partial charge is 0.141 e. The minimum Gasteiger partial charge on any atom is -0.495 e. The van der Waals surface area contributed by atoms with Crippen molar-refractivity contribution in [2.24, 2.45) is 0 Å². The van der Waals surface area contributed by atoms with Crippen molar-refractivity contribution in [1.29, 1.82) is 0 Å². The highest BCUT2D eigenvalue weighted by Crippen LogP contribution is 2.31. The highest BCUT2D eigenvalue weighted by atomic mass is 35.5. The molecule has 4 aromatic carbocycles. The molecule has 0 radical (unpaired) electrons. The molecule has 30 heavy (non-hydrogen) atoms. The zero-order valence-corrected chi connectivity index (χ0v) is 17.4. The molecule has 0 amide bonds. The lowest BCUT2D eigenvalue weighted by atomic mass is 10.0. The normalized spacial score (nSPS) is 10.5. The Balaban J connectivity index is 1.49. The van der Waals surface area contributed by atoms with Crippen LogP contribution in [0.4, 0.5) is 5.69 Å². The third kappa shape index (κ3) is 4.94. The highest BCUT2D eigenvalue weighted by Gasteiger charge is 2.07. The molecule has 1 N–H and O–H groups in total. The molecule has 0 unspecified atom stereocenters. The summed E-state index contributed by atoms with van der Waals surface area (Å²) in [7, 11) is 1.68. The molecular formula is C26H22ClNO2. The number of hydrogen-bond donors (Lipinski definition) is 1. The fraction of sp³-hybridized carbons (Fsp3) is 0.0769. The van der Waals surface area contributed by atoms with E-state index in [4.69, 9.17) is 21.1 Å². The summed E-state index contributed by atoms with van der Waals surface area (Å²) in [5.74, 6) is 2.34. The van der Waals surface area contributed by atoms with Crippen molar-refractivity contribution >= 4 is 17.3 Å². The molecule has 4 rings (SSSR count). The summed E-state index contributed by atoms with van der Waals surface area (Å²) in [6, 6.07) is 31.8. The third-order valence-corrected chi connectivity index (χ3v) is 4.99. The van der Waals surface area contributed by atoms with E-state index in [-0.39, 0.29) is 0 Å². The highest BCUT2D eigenvalue weighted by molar-refractivity contribution is 6.30. The van der Waals surface area contributed by atoms with Crippen LogP contribution in [-0.2, 0) is 6.54 Å². The van der Waals surface area contributed by atoms with Crippen molar-refractivity contribution in [3.05, 3.63) is 108 Å². The Morgan fingerprint density at radius 2 is 1.53 bits per heavy atom. The van der Waals surface area contributed by atoms with Gasteiger partial charge >= 0.3 is 0 Å². The number of anilines is 1. The van der Waals surface area contributed by atoms with Gasteiger partial charge < -0.3 is 14.8 Å². The molecule has 0 aromatic heterocycles. The first-order valence-corrected chi connectivity index (χ1v) is 10.1. The van der Waals surface area contributed by atoms with Gasteiger partial charge in [0.25, 0.3) is 0 Å². The molecule has 0 saturated heterocycles. The van der Waals surface area contributed by atoms with Gasteiger partial charge in [-0.3, -0.25) is 0 Å². The first-order valence-electron chi connectivity index (χ1n) is 9.71. The lowest BCUT2D eigenvalue weighted by Gasteiger charge is -2.14. The van der Waals surface area contributed by atoms with Crippen LogP contribution in [0.5, 0.6) is 17.2 Å². The fourth-order valence-electron chi connectivity index (χ4n) is 3.21. The number of ether oxygens (including phenoxy) is 2. The Kier molecular flexibility index (Phi) is 6.21. The quantitative estimate of drug-likeness (QED) is 0.340. The van der Waals surface area contributed by atoms with Crippen molar-refractivity contribution in [3.8, 4) is 28.4 Å². The zero-order chi connectivity index (χ0) is 20.8. The molecular weight excluding hydrogens is 394 g/mol. The van der Waals surface area contributed by atoms with Crippen LogP contribution >= 0.6 is 11.6 Å². The molecule has 0 bridgehead atoms. The molecule has 0 atom stereocenters. The molecule has 0 aliphatic carbocycles. The van der Waals surface area contributed by atoms with E-state index in [1.807, 2.05) is 66.7 Å². The third-order valence-electron chi connectivity index (χ3n) is 4.74. The van der Waals surface area contributed by atoms with Gasteiger partial charge in [-0.25, -0.2) is 0 Å². The summed E-state index contributed by atoms with van der Waals surface area (Å²) >= 11 is 5.94. The maximum absolute atomic E-state index is 5.94. The summed E-state index contributed by atoms with van der Waals surface area (Å²) in [5, 5.41) is 4.18. The monoisotopic (exact) mass is 415 g/mol. The van der Waals surface area contributed by atoms with Crippen LogP contribution in [-0.4, -0.2) is 7.11 Å². The second kappa shape index (κ2) is 9.38. The number of nitrogens with one attached hydrogen (secondary N) is 1. The Hall–Kier alpha value is -3.43. The molecule has 0 saturated carbocycles. The van der Waals surface area contributed by atoms with Crippen molar-refractivity contribution in [2.75, 3.05) is 12.4 Å². The number of benzene rings is 4. The van der Waals surface area contributed by atoms with Gasteiger partial charge in [-0.1, -0.05) is 60.1 Å². The number of hydrogen-bond acceptors (Lipinski definition) is 3. The first kappa shape index (κ1) is 19.9. The molecule has 4 aromatic rings. The van der Waals surface area contributed by atoms with Crippen molar-refractivity contribution in [2.45, 2.75) is 6.54 Å². The maximum atomic E-state index is 5.94. The van der Waals surface area contributed by atoms with Crippen molar-refractivity contribution in [3.63, 3.8) is 0 Å². The fourth-order valence-corrected chi connectivity index (χ4v) is 3.34. The van der Waals surface area contributed by atoms with Gasteiger partial charge in [0.2, 0.25) is 0 Å². The van der Waals surface area contributed by atoms with Gasteiger partial charge in [0.05, 0.1) is 12.8 Å². The summed E-state index contributed by atoms with van der Waals surface area (Å²) in [6.07, 6.45) is 0. The predicted octanol–water partition coefficient (Wildman–Crippen LogP) is 7.42. The Bertz CT molecular complexity index is 1110. The van der Waals surface area contributed by atoms with Crippen LogP contribution in [0, 0.1) is 0 Å². The van der Waals surface area contributed by atoms with Gasteiger partial charge in [0, 0.05) is 11.6 Å². The van der Waals surface area contributed by atoms with Crippen LogP contribution in [0.3, 0.4) is 0 Å². The number of methoxy groups -OCH3 is 1. The first-order chi connectivity index (χ1) is 14.7. The standard InChI is InChI=1S/C26H22ClNO2/c1-29-26-15-10-21(20-7-3-2-4-8-20)17-25(26)28-18-19-6-5-9-24(16-19)30-23-13-11-22(27)12-14-23/h2-17,28H,18H2,1H3. The minimum atomic E-state index is 0.645. The van der Waals surface area contributed by atoms with E-state index in [1.54, 1.807) is 7.11 Å². The van der Waals surface area contributed by atoms with Crippen molar-refractivity contribution in [1.82, 2.24) is 0 Å². The summed E-state index contributed by atoms with van der Waals surface area (Å²) < 4.78 is 11.5. The van der Waals surface area contributed by atoms with E-state index >= 15 is 0 Å². The molecule has 150 valence electrons. The van der Waals surface area contributed by atoms with E-state index in [0.717, 1.165) is 34.1 Å². The van der Waals surface area contributed by atoms with Crippen LogP contribution in [0.2, 0.25) is 5.02 Å². The average molecular weight is 416 g/mol. The van der Waals surface area contributed by atoms with Gasteiger partial charge in [-0.05, 0) is 65.2 Å². The molecule has 0 aliphatic heterocycles. The Morgan fingerprint density at radius 1 is 0.733 bits per heavy atom. The van der Waals surface area contributed by atoms with Gasteiger partial charge in [0.15, 0.2) is 0 Å². The van der Waals surface area contributed by atoms with E-state index in [0.29, 0.717) is 11.6 Å². The Morgan fingerprint density at radius 3 is 2.30 bits per heavy atom. The van der Waals surface area contributed by atoms with Crippen LogP contribution in [0.15, 0.2) is 97.1 Å². The van der Waals surface area contributed by atoms with E-state index in [9.17, 15) is 0 Å². The Labute approximate surface area is 181 Å². The topological polar surface area (TPSA) is 30.5 Å². The molecule has 0 heterocycles. The second-order valence-electron chi connectivity index (χ2n) is 6.84. The lowest BCUT2D eigenvalue weighted by Crippen LogP contribution is -2.02. The van der Waals surface area contributed by atoms with E-state index < -0.39 is 0 Å². The zero-order valence-electron chi connectivity index (χ0n) is 16.6. The minimum absolute atomic E-state index is 0.645. The predicted molar refractivity (Wildman–Crippen MR) is 124 cm³/mol. The maximum Gasteiger partial charge on any atom is 0.141 e. The van der Waals surface area contributed by atoms with Crippen LogP contribution < -0.4 is 14.8 Å². The molecule has 0 fully saturated rings. The molecule has 0 spiro atoms. The molecule has 3 nitrogen and oxygen atoms in total. The van der Waals surface area contributed by atoms with Crippen LogP contribution in [0.1, 0.15) is 5.56 Å². The number of halogens is 1.